The predicted octanol–water partition coefficient (Wildman–Crippen LogP) is 4.72. The van der Waals surface area contributed by atoms with Crippen LogP contribution >= 0.6 is 11.6 Å². The maximum Gasteiger partial charge on any atom is 0.331 e. The smallest absolute Gasteiger partial charge is 0.331 e. The van der Waals surface area contributed by atoms with Crippen molar-refractivity contribution in [1.29, 1.82) is 0 Å². The monoisotopic (exact) mass is 468 g/mol. The predicted molar refractivity (Wildman–Crippen MR) is 124 cm³/mol. The molecule has 1 heterocycles. The van der Waals surface area contributed by atoms with Crippen LogP contribution in [-0.2, 0) is 16.2 Å². The van der Waals surface area contributed by atoms with Gasteiger partial charge in [0, 0.05) is 6.04 Å². The minimum Gasteiger partial charge on any atom is -0.490 e. The summed E-state index contributed by atoms with van der Waals surface area (Å²) in [6.45, 7) is 2.52. The summed E-state index contributed by atoms with van der Waals surface area (Å²) < 4.78 is 11.6. The van der Waals surface area contributed by atoms with Crippen molar-refractivity contribution in [2.24, 2.45) is 0 Å². The van der Waals surface area contributed by atoms with Gasteiger partial charge < -0.3 is 9.47 Å². The number of hydrogen-bond donors (Lipinski definition) is 1. The van der Waals surface area contributed by atoms with Gasteiger partial charge >= 0.3 is 6.03 Å². The Hall–Kier alpha value is -3.32. The van der Waals surface area contributed by atoms with Crippen LogP contribution in [0, 0.1) is 0 Å². The molecule has 2 fully saturated rings. The van der Waals surface area contributed by atoms with E-state index in [-0.39, 0.29) is 16.6 Å². The highest BCUT2D eigenvalue weighted by atomic mass is 35.5. The highest BCUT2D eigenvalue weighted by Crippen LogP contribution is 2.38. The lowest BCUT2D eigenvalue weighted by Gasteiger charge is -2.31. The Morgan fingerprint density at radius 2 is 1.82 bits per heavy atom. The average molecular weight is 469 g/mol. The van der Waals surface area contributed by atoms with Gasteiger partial charge in [-0.05, 0) is 49.1 Å². The fraction of sp³-hybridized carbons (Fsp3) is 0.320. The molecule has 4 rings (SSSR count). The van der Waals surface area contributed by atoms with E-state index in [9.17, 15) is 14.4 Å². The molecule has 0 unspecified atom stereocenters. The molecular formula is C25H25ClN2O5. The Labute approximate surface area is 197 Å². The van der Waals surface area contributed by atoms with E-state index in [1.54, 1.807) is 12.1 Å². The van der Waals surface area contributed by atoms with E-state index in [2.05, 4.69) is 5.32 Å². The lowest BCUT2D eigenvalue weighted by atomic mass is 10.0. The summed E-state index contributed by atoms with van der Waals surface area (Å²) in [5.74, 6) is -0.529. The zero-order valence-electron chi connectivity index (χ0n) is 18.3. The van der Waals surface area contributed by atoms with E-state index in [0.29, 0.717) is 30.3 Å². The number of rotatable bonds is 7. The van der Waals surface area contributed by atoms with Gasteiger partial charge in [0.2, 0.25) is 0 Å². The summed E-state index contributed by atoms with van der Waals surface area (Å²) in [6, 6.07) is 12.1. The quantitative estimate of drug-likeness (QED) is 0.469. The Morgan fingerprint density at radius 3 is 2.52 bits per heavy atom. The van der Waals surface area contributed by atoms with E-state index < -0.39 is 17.8 Å². The standard InChI is InChI=1S/C25H25ClN2O5/c1-2-32-21-14-17(13-20(26)22(21)33-15-16-8-4-3-5-9-16)12-19-23(29)27-25(31)28(24(19)30)18-10-6-7-11-18/h3-5,8-9,12-14,18H,2,6-7,10-11,15H2,1H3,(H,27,29,31)/b19-12+. The Morgan fingerprint density at radius 1 is 1.09 bits per heavy atom. The number of barbiturate groups is 1. The summed E-state index contributed by atoms with van der Waals surface area (Å²) in [7, 11) is 0. The molecule has 4 amide bonds. The van der Waals surface area contributed by atoms with Gasteiger partial charge in [-0.15, -0.1) is 0 Å². The molecule has 1 aliphatic carbocycles. The van der Waals surface area contributed by atoms with Crippen LogP contribution < -0.4 is 14.8 Å². The molecule has 2 aromatic carbocycles. The van der Waals surface area contributed by atoms with Crippen molar-refractivity contribution in [3.63, 3.8) is 0 Å². The molecule has 0 bridgehead atoms. The largest absolute Gasteiger partial charge is 0.490 e. The molecule has 1 saturated carbocycles. The van der Waals surface area contributed by atoms with Crippen molar-refractivity contribution < 1.29 is 23.9 Å². The number of imide groups is 2. The molecule has 1 N–H and O–H groups in total. The number of halogens is 1. The third kappa shape index (κ3) is 5.03. The number of amides is 4. The number of urea groups is 1. The van der Waals surface area contributed by atoms with E-state index in [1.165, 1.54) is 11.0 Å². The van der Waals surface area contributed by atoms with E-state index >= 15 is 0 Å². The second kappa shape index (κ2) is 10.1. The first-order valence-electron chi connectivity index (χ1n) is 11.0. The van der Waals surface area contributed by atoms with Crippen molar-refractivity contribution in [2.75, 3.05) is 6.61 Å². The molecule has 2 aromatic rings. The van der Waals surface area contributed by atoms with Crippen molar-refractivity contribution in [3.05, 3.63) is 64.2 Å². The zero-order chi connectivity index (χ0) is 23.4. The molecular weight excluding hydrogens is 444 g/mol. The zero-order valence-corrected chi connectivity index (χ0v) is 19.1. The van der Waals surface area contributed by atoms with Crippen molar-refractivity contribution >= 4 is 35.5 Å². The van der Waals surface area contributed by atoms with E-state index in [0.717, 1.165) is 31.2 Å². The molecule has 7 nitrogen and oxygen atoms in total. The number of benzene rings is 2. The van der Waals surface area contributed by atoms with Gasteiger partial charge in [0.15, 0.2) is 11.5 Å². The summed E-state index contributed by atoms with van der Waals surface area (Å²) in [4.78, 5) is 39.0. The van der Waals surface area contributed by atoms with Crippen LogP contribution in [0.2, 0.25) is 5.02 Å². The molecule has 1 aliphatic heterocycles. The Kier molecular flexibility index (Phi) is 6.99. The molecule has 172 valence electrons. The van der Waals surface area contributed by atoms with E-state index in [4.69, 9.17) is 21.1 Å². The van der Waals surface area contributed by atoms with Crippen LogP contribution in [0.25, 0.3) is 6.08 Å². The maximum atomic E-state index is 13.0. The van der Waals surface area contributed by atoms with Crippen molar-refractivity contribution in [1.82, 2.24) is 10.2 Å². The number of nitrogens with zero attached hydrogens (tertiary/aromatic N) is 1. The molecule has 2 aliphatic rings. The number of ether oxygens (including phenoxy) is 2. The third-order valence-electron chi connectivity index (χ3n) is 5.69. The van der Waals surface area contributed by atoms with Gasteiger partial charge in [-0.2, -0.15) is 0 Å². The lowest BCUT2D eigenvalue weighted by molar-refractivity contribution is -0.131. The lowest BCUT2D eigenvalue weighted by Crippen LogP contribution is -2.57. The molecule has 33 heavy (non-hydrogen) atoms. The van der Waals surface area contributed by atoms with Crippen molar-refractivity contribution in [3.8, 4) is 11.5 Å². The summed E-state index contributed by atoms with van der Waals surface area (Å²) in [5.41, 5.74) is 1.36. The molecule has 8 heteroatoms. The number of hydrogen-bond acceptors (Lipinski definition) is 5. The summed E-state index contributed by atoms with van der Waals surface area (Å²) in [6.07, 6.45) is 4.82. The van der Waals surface area contributed by atoms with Gasteiger partial charge in [0.1, 0.15) is 12.2 Å². The average Bonchev–Trinajstić information content (AvgIpc) is 3.31. The van der Waals surface area contributed by atoms with Gasteiger partial charge in [0.05, 0.1) is 11.6 Å². The minimum absolute atomic E-state index is 0.113. The third-order valence-corrected chi connectivity index (χ3v) is 5.97. The van der Waals surface area contributed by atoms with Gasteiger partial charge in [0.25, 0.3) is 11.8 Å². The first-order valence-corrected chi connectivity index (χ1v) is 11.4. The second-order valence-electron chi connectivity index (χ2n) is 7.97. The first-order chi connectivity index (χ1) is 16.0. The van der Waals surface area contributed by atoms with Crippen molar-refractivity contribution in [2.45, 2.75) is 45.3 Å². The normalized spacial score (nSPS) is 18.1. The summed E-state index contributed by atoms with van der Waals surface area (Å²) in [5, 5.41) is 2.57. The Bertz CT molecular complexity index is 1090. The van der Waals surface area contributed by atoms with Crippen LogP contribution in [0.4, 0.5) is 4.79 Å². The fourth-order valence-electron chi connectivity index (χ4n) is 4.14. The minimum atomic E-state index is -0.724. The first kappa shape index (κ1) is 22.9. The summed E-state index contributed by atoms with van der Waals surface area (Å²) >= 11 is 6.50. The topological polar surface area (TPSA) is 84.9 Å². The number of carbonyl (C=O) groups excluding carboxylic acids is 3. The maximum absolute atomic E-state index is 13.0. The van der Waals surface area contributed by atoms with Crippen LogP contribution in [-0.4, -0.2) is 35.4 Å². The highest BCUT2D eigenvalue weighted by Gasteiger charge is 2.40. The molecule has 1 saturated heterocycles. The van der Waals surface area contributed by atoms with Crippen LogP contribution in [0.1, 0.15) is 43.7 Å². The molecule has 0 atom stereocenters. The second-order valence-corrected chi connectivity index (χ2v) is 8.38. The van der Waals surface area contributed by atoms with Crippen LogP contribution in [0.5, 0.6) is 11.5 Å². The number of carbonyl (C=O) groups is 3. The van der Waals surface area contributed by atoms with Crippen LogP contribution in [0.3, 0.4) is 0 Å². The fourth-order valence-corrected chi connectivity index (χ4v) is 4.41. The molecule has 0 radical (unpaired) electrons. The van der Waals surface area contributed by atoms with Crippen LogP contribution in [0.15, 0.2) is 48.0 Å². The number of nitrogens with one attached hydrogen (secondary N) is 1. The highest BCUT2D eigenvalue weighted by molar-refractivity contribution is 6.33. The Balaban J connectivity index is 1.63. The SMILES string of the molecule is CCOc1cc(/C=C2\C(=O)NC(=O)N(C3CCCC3)C2=O)cc(Cl)c1OCc1ccccc1. The van der Waals surface area contributed by atoms with Gasteiger partial charge in [-0.3, -0.25) is 19.8 Å². The molecule has 0 aromatic heterocycles. The van der Waals surface area contributed by atoms with Gasteiger partial charge in [-0.25, -0.2) is 4.79 Å². The molecule has 0 spiro atoms. The van der Waals surface area contributed by atoms with E-state index in [1.807, 2.05) is 37.3 Å². The van der Waals surface area contributed by atoms with Gasteiger partial charge in [-0.1, -0.05) is 54.8 Å².